The van der Waals surface area contributed by atoms with Gasteiger partial charge in [0.05, 0.1) is 11.1 Å². The minimum Gasteiger partial charge on any atom is -0.342 e. The summed E-state index contributed by atoms with van der Waals surface area (Å²) in [6.45, 7) is 5.15. The number of piperazine rings is 1. The third kappa shape index (κ3) is 4.93. The van der Waals surface area contributed by atoms with Crippen molar-refractivity contribution in [2.45, 2.75) is 25.8 Å². The molecule has 1 fully saturated rings. The molecule has 0 atom stereocenters. The largest absolute Gasteiger partial charge is 0.342 e. The molecular weight excluding hydrogens is 443 g/mol. The van der Waals surface area contributed by atoms with E-state index in [0.717, 1.165) is 17.6 Å². The molecule has 0 aliphatic carbocycles. The molecule has 0 saturated carbocycles. The lowest BCUT2D eigenvalue weighted by Crippen LogP contribution is -2.64. The van der Waals surface area contributed by atoms with E-state index in [4.69, 9.17) is 11.6 Å². The predicted octanol–water partition coefficient (Wildman–Crippen LogP) is 3.98. The van der Waals surface area contributed by atoms with Crippen molar-refractivity contribution in [3.05, 3.63) is 76.7 Å². The summed E-state index contributed by atoms with van der Waals surface area (Å²) in [4.78, 5) is 34.0. The molecule has 2 aromatic carbocycles. The summed E-state index contributed by atoms with van der Waals surface area (Å²) >= 11 is 5.95. The van der Waals surface area contributed by atoms with Crippen molar-refractivity contribution in [3.8, 4) is 0 Å². The van der Waals surface area contributed by atoms with E-state index in [9.17, 15) is 14.0 Å². The third-order valence-electron chi connectivity index (χ3n) is 5.97. The van der Waals surface area contributed by atoms with Gasteiger partial charge in [-0.05, 0) is 49.6 Å². The zero-order valence-electron chi connectivity index (χ0n) is 18.6. The highest BCUT2D eigenvalue weighted by atomic mass is 35.5. The van der Waals surface area contributed by atoms with Gasteiger partial charge in [0.2, 0.25) is 0 Å². The van der Waals surface area contributed by atoms with Crippen molar-refractivity contribution in [3.63, 3.8) is 0 Å². The molecule has 172 valence electrons. The number of carbonyl (C=O) groups is 2. The molecule has 6 nitrogen and oxygen atoms in total. The number of aliphatic imine (C=N–C) groups is 1. The number of halogens is 2. The lowest BCUT2D eigenvalue weighted by Gasteiger charge is -2.47. The normalized spacial score (nSPS) is 18.1. The Morgan fingerprint density at radius 3 is 2.58 bits per heavy atom. The van der Waals surface area contributed by atoms with Crippen LogP contribution < -0.4 is 5.32 Å². The molecule has 1 saturated heterocycles. The first-order valence-electron chi connectivity index (χ1n) is 10.9. The number of amidine groups is 1. The molecule has 2 amide bonds. The predicted molar refractivity (Wildman–Crippen MR) is 128 cm³/mol. The Morgan fingerprint density at radius 1 is 1.09 bits per heavy atom. The van der Waals surface area contributed by atoms with Gasteiger partial charge in [-0.3, -0.25) is 14.6 Å². The Kier molecular flexibility index (Phi) is 6.51. The molecule has 33 heavy (non-hydrogen) atoms. The van der Waals surface area contributed by atoms with E-state index in [2.05, 4.69) is 10.3 Å². The molecule has 2 heterocycles. The number of nitrogens with zero attached hydrogens (tertiary/aromatic N) is 3. The van der Waals surface area contributed by atoms with Crippen LogP contribution in [0.15, 0.2) is 59.7 Å². The van der Waals surface area contributed by atoms with Gasteiger partial charge in [0.15, 0.2) is 5.84 Å². The molecule has 8 heteroatoms. The van der Waals surface area contributed by atoms with Crippen LogP contribution in [0.2, 0.25) is 5.02 Å². The molecule has 0 radical (unpaired) electrons. The van der Waals surface area contributed by atoms with Crippen LogP contribution in [0.25, 0.3) is 5.57 Å². The average Bonchev–Trinajstić information content (AvgIpc) is 3.06. The summed E-state index contributed by atoms with van der Waals surface area (Å²) in [6, 6.07) is 13.9. The Balaban J connectivity index is 1.46. The van der Waals surface area contributed by atoms with E-state index in [1.54, 1.807) is 9.80 Å². The van der Waals surface area contributed by atoms with Crippen LogP contribution in [0.3, 0.4) is 0 Å². The second-order valence-electron chi connectivity index (χ2n) is 8.78. The fraction of sp³-hybridized carbons (Fsp3) is 0.320. The summed E-state index contributed by atoms with van der Waals surface area (Å²) in [6.07, 6.45) is 2.57. The Labute approximate surface area is 197 Å². The molecule has 2 aliphatic heterocycles. The van der Waals surface area contributed by atoms with Gasteiger partial charge in [0.1, 0.15) is 5.82 Å². The molecule has 0 unspecified atom stereocenters. The summed E-state index contributed by atoms with van der Waals surface area (Å²) in [7, 11) is 0. The van der Waals surface area contributed by atoms with Crippen LogP contribution in [-0.2, 0) is 4.79 Å². The van der Waals surface area contributed by atoms with Crippen molar-refractivity contribution in [1.82, 2.24) is 15.1 Å². The summed E-state index contributed by atoms with van der Waals surface area (Å²) in [5.41, 5.74) is 1.45. The Morgan fingerprint density at radius 2 is 1.85 bits per heavy atom. The van der Waals surface area contributed by atoms with Crippen molar-refractivity contribution >= 4 is 34.8 Å². The number of hydrogen-bond acceptors (Lipinski definition) is 4. The third-order valence-corrected chi connectivity index (χ3v) is 6.21. The van der Waals surface area contributed by atoms with Gasteiger partial charge in [0.25, 0.3) is 11.8 Å². The highest BCUT2D eigenvalue weighted by Crippen LogP contribution is 2.25. The van der Waals surface area contributed by atoms with E-state index < -0.39 is 17.3 Å². The molecule has 2 aromatic rings. The highest BCUT2D eigenvalue weighted by Gasteiger charge is 2.40. The van der Waals surface area contributed by atoms with E-state index in [1.807, 2.05) is 50.4 Å². The van der Waals surface area contributed by atoms with Crippen LogP contribution in [0, 0.1) is 5.82 Å². The number of hydrogen-bond donors (Lipinski definition) is 1. The lowest BCUT2D eigenvalue weighted by atomic mass is 9.97. The number of amides is 2. The maximum absolute atomic E-state index is 14.2. The van der Waals surface area contributed by atoms with Gasteiger partial charge in [-0.15, -0.1) is 0 Å². The van der Waals surface area contributed by atoms with Crippen molar-refractivity contribution < 1.29 is 14.0 Å². The Bertz CT molecular complexity index is 1130. The fourth-order valence-electron chi connectivity index (χ4n) is 4.23. The molecule has 0 bridgehead atoms. The average molecular weight is 469 g/mol. The van der Waals surface area contributed by atoms with E-state index >= 15 is 0 Å². The maximum atomic E-state index is 14.2. The van der Waals surface area contributed by atoms with Gasteiger partial charge in [-0.1, -0.05) is 41.9 Å². The second kappa shape index (κ2) is 9.35. The summed E-state index contributed by atoms with van der Waals surface area (Å²) in [5.74, 6) is -0.976. The maximum Gasteiger partial charge on any atom is 0.289 e. The standard InChI is InChI=1S/C25H26ClFN4O2/c1-25(2)16-30(23(32)20-14-19(26)8-9-21(20)27)12-13-31(25)24(33)22-28-11-10-18(15-29-22)17-6-4-3-5-7-17/h3-9,14-15H,10-13,16H2,1-2H3,(H,28,29). The van der Waals surface area contributed by atoms with Gasteiger partial charge in [-0.2, -0.15) is 0 Å². The highest BCUT2D eigenvalue weighted by molar-refractivity contribution is 6.38. The topological polar surface area (TPSA) is 65.0 Å². The minimum atomic E-state index is -0.664. The minimum absolute atomic E-state index is 0.0635. The molecule has 0 aromatic heterocycles. The smallest absolute Gasteiger partial charge is 0.289 e. The summed E-state index contributed by atoms with van der Waals surface area (Å²) in [5, 5.41) is 3.39. The molecular formula is C25H26ClFN4O2. The van der Waals surface area contributed by atoms with E-state index in [1.165, 1.54) is 18.2 Å². The monoisotopic (exact) mass is 468 g/mol. The van der Waals surface area contributed by atoms with Gasteiger partial charge < -0.3 is 15.1 Å². The molecule has 2 aliphatic rings. The number of benzene rings is 2. The first-order chi connectivity index (χ1) is 15.8. The van der Waals surface area contributed by atoms with Gasteiger partial charge in [-0.25, -0.2) is 4.39 Å². The van der Waals surface area contributed by atoms with Crippen LogP contribution in [-0.4, -0.2) is 59.2 Å². The zero-order valence-corrected chi connectivity index (χ0v) is 19.4. The zero-order chi connectivity index (χ0) is 23.6. The van der Waals surface area contributed by atoms with E-state index in [0.29, 0.717) is 24.7 Å². The summed E-state index contributed by atoms with van der Waals surface area (Å²) < 4.78 is 14.2. The molecule has 1 N–H and O–H groups in total. The molecule has 4 rings (SSSR count). The quantitative estimate of drug-likeness (QED) is 0.741. The first kappa shape index (κ1) is 23.0. The van der Waals surface area contributed by atoms with Crippen LogP contribution in [0.1, 0.15) is 36.2 Å². The van der Waals surface area contributed by atoms with Gasteiger partial charge in [0, 0.05) is 37.4 Å². The number of nitrogens with one attached hydrogen (secondary N) is 1. The number of rotatable bonds is 3. The van der Waals surface area contributed by atoms with Crippen molar-refractivity contribution in [1.29, 1.82) is 0 Å². The van der Waals surface area contributed by atoms with E-state index in [-0.39, 0.29) is 23.9 Å². The Hall–Kier alpha value is -3.19. The first-order valence-corrected chi connectivity index (χ1v) is 11.3. The molecule has 0 spiro atoms. The number of carbonyl (C=O) groups excluding carboxylic acids is 2. The van der Waals surface area contributed by atoms with Crippen molar-refractivity contribution in [2.75, 3.05) is 26.2 Å². The van der Waals surface area contributed by atoms with Crippen molar-refractivity contribution in [2.24, 2.45) is 4.99 Å². The van der Waals surface area contributed by atoms with Crippen LogP contribution >= 0.6 is 11.6 Å². The van der Waals surface area contributed by atoms with Crippen LogP contribution in [0.4, 0.5) is 4.39 Å². The SMILES string of the molecule is CC1(C)CN(C(=O)c2cc(Cl)ccc2F)CCN1C(=O)C1=NCCC(c2ccccc2)=CN1. The van der Waals surface area contributed by atoms with Crippen LogP contribution in [0.5, 0.6) is 0 Å². The fourth-order valence-corrected chi connectivity index (χ4v) is 4.41. The lowest BCUT2D eigenvalue weighted by molar-refractivity contribution is -0.132. The second-order valence-corrected chi connectivity index (χ2v) is 9.22. The van der Waals surface area contributed by atoms with Gasteiger partial charge >= 0.3 is 0 Å².